The van der Waals surface area contributed by atoms with Gasteiger partial charge < -0.3 is 14.6 Å². The Balaban J connectivity index is 2.12. The standard InChI is InChI=1S/C16H15Cl2N3O2S/c1-21(2)14-5-4-9(23-3)6-15(14)24(22)16-19-12-7-10(17)11(18)8-13(12)20-16/h4-8H,1-3H3,(H,19,20). The van der Waals surface area contributed by atoms with E-state index in [2.05, 4.69) is 9.97 Å². The van der Waals surface area contributed by atoms with Crippen LogP contribution in [0, 0.1) is 0 Å². The number of aromatic nitrogens is 2. The molecule has 0 aliphatic heterocycles. The van der Waals surface area contributed by atoms with Crippen molar-refractivity contribution >= 4 is 50.7 Å². The first-order chi connectivity index (χ1) is 11.4. The zero-order valence-electron chi connectivity index (χ0n) is 13.3. The van der Waals surface area contributed by atoms with Gasteiger partial charge in [-0.05, 0) is 30.3 Å². The van der Waals surface area contributed by atoms with E-state index in [1.165, 1.54) is 0 Å². The minimum atomic E-state index is -1.51. The Kier molecular flexibility index (Phi) is 4.71. The van der Waals surface area contributed by atoms with Crippen molar-refractivity contribution in [2.45, 2.75) is 10.1 Å². The second kappa shape index (κ2) is 6.63. The van der Waals surface area contributed by atoms with Crippen LogP contribution in [0.15, 0.2) is 40.4 Å². The molecule has 0 aliphatic rings. The van der Waals surface area contributed by atoms with Crippen LogP contribution in [0.2, 0.25) is 10.0 Å². The van der Waals surface area contributed by atoms with E-state index < -0.39 is 10.8 Å². The van der Waals surface area contributed by atoms with Gasteiger partial charge in [-0.3, -0.25) is 0 Å². The minimum absolute atomic E-state index is 0.333. The summed E-state index contributed by atoms with van der Waals surface area (Å²) in [6, 6.07) is 8.76. The monoisotopic (exact) mass is 383 g/mol. The zero-order valence-corrected chi connectivity index (χ0v) is 15.6. The number of methoxy groups -OCH3 is 1. The molecule has 24 heavy (non-hydrogen) atoms. The molecule has 1 unspecified atom stereocenters. The van der Waals surface area contributed by atoms with E-state index in [1.54, 1.807) is 25.3 Å². The van der Waals surface area contributed by atoms with Crippen molar-refractivity contribution in [3.8, 4) is 5.75 Å². The van der Waals surface area contributed by atoms with Crippen LogP contribution in [-0.4, -0.2) is 35.4 Å². The first-order valence-electron chi connectivity index (χ1n) is 7.02. The number of hydrogen-bond acceptors (Lipinski definition) is 4. The molecule has 126 valence electrons. The molecule has 0 radical (unpaired) electrons. The quantitative estimate of drug-likeness (QED) is 0.736. The summed E-state index contributed by atoms with van der Waals surface area (Å²) in [6.45, 7) is 0. The third-order valence-corrected chi connectivity index (χ3v) is 5.52. The van der Waals surface area contributed by atoms with Crippen molar-refractivity contribution in [2.75, 3.05) is 26.1 Å². The molecule has 3 rings (SSSR count). The van der Waals surface area contributed by atoms with Gasteiger partial charge in [0.15, 0.2) is 0 Å². The average Bonchev–Trinajstić information content (AvgIpc) is 2.96. The van der Waals surface area contributed by atoms with Crippen LogP contribution in [0.5, 0.6) is 5.75 Å². The molecule has 0 amide bonds. The second-order valence-electron chi connectivity index (χ2n) is 5.32. The molecule has 0 saturated carbocycles. The van der Waals surface area contributed by atoms with Crippen molar-refractivity contribution in [3.63, 3.8) is 0 Å². The third kappa shape index (κ3) is 3.09. The number of anilines is 1. The number of rotatable bonds is 4. The Labute approximate surface area is 152 Å². The summed E-state index contributed by atoms with van der Waals surface area (Å²) in [4.78, 5) is 9.94. The Morgan fingerprint density at radius 2 is 1.88 bits per heavy atom. The van der Waals surface area contributed by atoms with Gasteiger partial charge in [-0.2, -0.15) is 0 Å². The van der Waals surface area contributed by atoms with E-state index in [0.717, 1.165) is 5.69 Å². The molecule has 0 spiro atoms. The molecule has 1 atom stereocenters. The highest BCUT2D eigenvalue weighted by Gasteiger charge is 2.19. The Bertz CT molecular complexity index is 901. The van der Waals surface area contributed by atoms with Crippen molar-refractivity contribution < 1.29 is 8.95 Å². The summed E-state index contributed by atoms with van der Waals surface area (Å²) in [5.74, 6) is 0.631. The Hall–Kier alpha value is -1.76. The summed E-state index contributed by atoms with van der Waals surface area (Å²) < 4.78 is 18.3. The maximum absolute atomic E-state index is 13.0. The predicted molar refractivity (Wildman–Crippen MR) is 98.1 cm³/mol. The predicted octanol–water partition coefficient (Wildman–Crippen LogP) is 4.11. The summed E-state index contributed by atoms with van der Waals surface area (Å²) >= 11 is 12.0. The average molecular weight is 384 g/mol. The van der Waals surface area contributed by atoms with Crippen LogP contribution in [0.25, 0.3) is 11.0 Å². The molecular weight excluding hydrogens is 369 g/mol. The van der Waals surface area contributed by atoms with Crippen molar-refractivity contribution in [1.82, 2.24) is 9.97 Å². The number of H-pyrrole nitrogens is 1. The van der Waals surface area contributed by atoms with Gasteiger partial charge in [-0.25, -0.2) is 9.19 Å². The van der Waals surface area contributed by atoms with Crippen LogP contribution < -0.4 is 9.64 Å². The lowest BCUT2D eigenvalue weighted by Crippen LogP contribution is -2.12. The fraction of sp³-hybridized carbons (Fsp3) is 0.188. The molecule has 8 heteroatoms. The lowest BCUT2D eigenvalue weighted by atomic mass is 10.3. The summed E-state index contributed by atoms with van der Waals surface area (Å²) in [5.41, 5.74) is 2.12. The van der Waals surface area contributed by atoms with E-state index >= 15 is 0 Å². The van der Waals surface area contributed by atoms with Gasteiger partial charge in [0.2, 0.25) is 5.16 Å². The molecule has 2 aromatic carbocycles. The summed E-state index contributed by atoms with van der Waals surface area (Å²) in [6.07, 6.45) is 0. The SMILES string of the molecule is COc1ccc(N(C)C)c(S(=O)c2nc3cc(Cl)c(Cl)cc3[nH]2)c1. The number of fused-ring (bicyclic) bond motifs is 1. The Morgan fingerprint density at radius 1 is 1.17 bits per heavy atom. The number of nitrogens with zero attached hydrogens (tertiary/aromatic N) is 2. The van der Waals surface area contributed by atoms with E-state index in [4.69, 9.17) is 27.9 Å². The lowest BCUT2D eigenvalue weighted by Gasteiger charge is -2.17. The largest absolute Gasteiger partial charge is 0.497 e. The maximum Gasteiger partial charge on any atom is 0.202 e. The Morgan fingerprint density at radius 3 is 2.54 bits per heavy atom. The molecule has 1 aromatic heterocycles. The van der Waals surface area contributed by atoms with Gasteiger partial charge in [0.05, 0.1) is 38.8 Å². The molecular formula is C16H15Cl2N3O2S. The second-order valence-corrected chi connectivity index (χ2v) is 7.50. The normalized spacial score (nSPS) is 12.4. The number of hydrogen-bond donors (Lipinski definition) is 1. The minimum Gasteiger partial charge on any atom is -0.497 e. The van der Waals surface area contributed by atoms with E-state index in [0.29, 0.717) is 36.9 Å². The van der Waals surface area contributed by atoms with Gasteiger partial charge >= 0.3 is 0 Å². The molecule has 1 N–H and O–H groups in total. The molecule has 0 fully saturated rings. The highest BCUT2D eigenvalue weighted by atomic mass is 35.5. The highest BCUT2D eigenvalue weighted by Crippen LogP contribution is 2.31. The molecule has 0 saturated heterocycles. The number of nitrogens with one attached hydrogen (secondary N) is 1. The van der Waals surface area contributed by atoms with E-state index in [9.17, 15) is 4.21 Å². The first-order valence-corrected chi connectivity index (χ1v) is 8.93. The number of ether oxygens (including phenoxy) is 1. The van der Waals surface area contributed by atoms with Crippen molar-refractivity contribution in [1.29, 1.82) is 0 Å². The maximum atomic E-state index is 13.0. The fourth-order valence-corrected chi connectivity index (χ4v) is 3.89. The van der Waals surface area contributed by atoms with Crippen LogP contribution >= 0.6 is 23.2 Å². The third-order valence-electron chi connectivity index (χ3n) is 3.53. The van der Waals surface area contributed by atoms with Gasteiger partial charge in [0.1, 0.15) is 16.5 Å². The van der Waals surface area contributed by atoms with Crippen molar-refractivity contribution in [2.24, 2.45) is 0 Å². The molecule has 3 aromatic rings. The van der Waals surface area contributed by atoms with Gasteiger partial charge in [-0.1, -0.05) is 23.2 Å². The topological polar surface area (TPSA) is 58.2 Å². The smallest absolute Gasteiger partial charge is 0.202 e. The van der Waals surface area contributed by atoms with Crippen LogP contribution in [0.1, 0.15) is 0 Å². The first kappa shape index (κ1) is 17.1. The number of halogens is 2. The van der Waals surface area contributed by atoms with Crippen LogP contribution in [-0.2, 0) is 10.8 Å². The zero-order chi connectivity index (χ0) is 17.4. The summed E-state index contributed by atoms with van der Waals surface area (Å²) in [7, 11) is 3.84. The number of aromatic amines is 1. The molecule has 1 heterocycles. The molecule has 0 bridgehead atoms. The fourth-order valence-electron chi connectivity index (χ4n) is 2.31. The van der Waals surface area contributed by atoms with Crippen molar-refractivity contribution in [3.05, 3.63) is 40.4 Å². The lowest BCUT2D eigenvalue weighted by molar-refractivity contribution is 0.413. The highest BCUT2D eigenvalue weighted by molar-refractivity contribution is 7.85. The van der Waals surface area contributed by atoms with Crippen LogP contribution in [0.4, 0.5) is 5.69 Å². The number of benzene rings is 2. The number of imidazole rings is 1. The van der Waals surface area contributed by atoms with E-state index in [-0.39, 0.29) is 0 Å². The van der Waals surface area contributed by atoms with Gasteiger partial charge in [-0.15, -0.1) is 0 Å². The molecule has 0 aliphatic carbocycles. The molecule has 5 nitrogen and oxygen atoms in total. The van der Waals surface area contributed by atoms with E-state index in [1.807, 2.05) is 31.1 Å². The van der Waals surface area contributed by atoms with Gasteiger partial charge in [0.25, 0.3) is 0 Å². The van der Waals surface area contributed by atoms with Crippen LogP contribution in [0.3, 0.4) is 0 Å². The summed E-state index contributed by atoms with van der Waals surface area (Å²) in [5, 5.41) is 1.16. The van der Waals surface area contributed by atoms with Gasteiger partial charge in [0, 0.05) is 14.1 Å².